The fourth-order valence-electron chi connectivity index (χ4n) is 3.28. The summed E-state index contributed by atoms with van der Waals surface area (Å²) >= 11 is 0. The highest BCUT2D eigenvalue weighted by atomic mass is 16.3. The first-order valence-corrected chi connectivity index (χ1v) is 9.38. The zero-order valence-corrected chi connectivity index (χ0v) is 15.7. The Labute approximate surface area is 156 Å². The first-order chi connectivity index (χ1) is 12.7. The van der Waals surface area contributed by atoms with Crippen LogP contribution in [0.3, 0.4) is 0 Å². The molecule has 0 aliphatic carbocycles. The number of para-hydroxylation sites is 1. The third-order valence-electron chi connectivity index (χ3n) is 4.88. The second-order valence-electron chi connectivity index (χ2n) is 6.44. The fraction of sp³-hybridized carbons (Fsp3) is 0.381. The molecule has 5 nitrogen and oxygen atoms in total. The summed E-state index contributed by atoms with van der Waals surface area (Å²) in [4.78, 5) is 4.59. The summed E-state index contributed by atoms with van der Waals surface area (Å²) in [6, 6.07) is 16.3. The van der Waals surface area contributed by atoms with E-state index in [1.165, 1.54) is 5.69 Å². The van der Waals surface area contributed by atoms with Gasteiger partial charge in [0.25, 0.3) is 0 Å². The Hall–Kier alpha value is -2.69. The molecule has 0 radical (unpaired) electrons. The highest BCUT2D eigenvalue weighted by Crippen LogP contribution is 2.24. The first kappa shape index (κ1) is 18.1. The number of rotatable bonds is 6. The monoisotopic (exact) mass is 352 g/mol. The van der Waals surface area contributed by atoms with Gasteiger partial charge in [-0.25, -0.2) is 0 Å². The van der Waals surface area contributed by atoms with Crippen molar-refractivity contribution in [2.24, 2.45) is 5.10 Å². The van der Waals surface area contributed by atoms with Crippen LogP contribution in [0.5, 0.6) is 5.75 Å². The van der Waals surface area contributed by atoms with Crippen molar-refractivity contribution in [2.75, 3.05) is 49.1 Å². The Bertz CT molecular complexity index is 720. The summed E-state index contributed by atoms with van der Waals surface area (Å²) in [5, 5.41) is 16.9. The molecule has 1 heterocycles. The lowest BCUT2D eigenvalue weighted by Crippen LogP contribution is -2.44. The fourth-order valence-corrected chi connectivity index (χ4v) is 3.28. The molecule has 0 aromatic heterocycles. The number of hydrogen-bond acceptors (Lipinski definition) is 5. The lowest BCUT2D eigenvalue weighted by atomic mass is 10.2. The van der Waals surface area contributed by atoms with Crippen LogP contribution >= 0.6 is 0 Å². The van der Waals surface area contributed by atoms with Crippen molar-refractivity contribution in [3.8, 4) is 5.75 Å². The minimum Gasteiger partial charge on any atom is -0.507 e. The maximum Gasteiger partial charge on any atom is 0.126 e. The quantitative estimate of drug-likeness (QED) is 0.809. The number of anilines is 2. The molecule has 0 unspecified atom stereocenters. The molecule has 0 bridgehead atoms. The smallest absolute Gasteiger partial charge is 0.126 e. The number of aromatic hydroxyl groups is 1. The maximum absolute atomic E-state index is 10.3. The standard InChI is InChI=1S/C21H28N4O/c1-3-23(4-2)20-11-10-18(21(26)16-20)17-22-25-14-12-24(13-15-25)19-8-6-5-7-9-19/h5-11,16-17,26H,3-4,12-15H2,1-2H3/b22-17-. The number of hydrazone groups is 1. The van der Waals surface area contributed by atoms with Crippen LogP contribution in [-0.4, -0.2) is 55.6 Å². The van der Waals surface area contributed by atoms with E-state index in [1.54, 1.807) is 6.21 Å². The molecule has 5 heteroatoms. The molecule has 0 amide bonds. The summed E-state index contributed by atoms with van der Waals surface area (Å²) in [6.07, 6.45) is 1.76. The van der Waals surface area contributed by atoms with E-state index in [0.717, 1.165) is 50.5 Å². The Kier molecular flexibility index (Phi) is 6.00. The van der Waals surface area contributed by atoms with Crippen LogP contribution in [0.25, 0.3) is 0 Å². The van der Waals surface area contributed by atoms with Crippen molar-refractivity contribution in [3.05, 3.63) is 54.1 Å². The van der Waals surface area contributed by atoms with E-state index in [4.69, 9.17) is 0 Å². The predicted octanol–water partition coefficient (Wildman–Crippen LogP) is 3.39. The highest BCUT2D eigenvalue weighted by molar-refractivity contribution is 5.84. The summed E-state index contributed by atoms with van der Waals surface area (Å²) in [5.74, 6) is 0.279. The number of phenols is 1. The van der Waals surface area contributed by atoms with Crippen LogP contribution in [-0.2, 0) is 0 Å². The van der Waals surface area contributed by atoms with Crippen LogP contribution in [0.4, 0.5) is 11.4 Å². The zero-order valence-electron chi connectivity index (χ0n) is 15.7. The molecule has 3 rings (SSSR count). The summed E-state index contributed by atoms with van der Waals surface area (Å²) in [5.41, 5.74) is 3.06. The molecule has 0 atom stereocenters. The van der Waals surface area contributed by atoms with Crippen molar-refractivity contribution < 1.29 is 5.11 Å². The summed E-state index contributed by atoms with van der Waals surface area (Å²) < 4.78 is 0. The zero-order chi connectivity index (χ0) is 18.4. The topological polar surface area (TPSA) is 42.3 Å². The maximum atomic E-state index is 10.3. The van der Waals surface area contributed by atoms with E-state index >= 15 is 0 Å². The molecular weight excluding hydrogens is 324 g/mol. The van der Waals surface area contributed by atoms with E-state index in [1.807, 2.05) is 24.3 Å². The van der Waals surface area contributed by atoms with Gasteiger partial charge >= 0.3 is 0 Å². The SMILES string of the molecule is CCN(CC)c1ccc(/C=N\N2CCN(c3ccccc3)CC2)c(O)c1. The van der Waals surface area contributed by atoms with Crippen LogP contribution in [0.1, 0.15) is 19.4 Å². The Morgan fingerprint density at radius 2 is 1.69 bits per heavy atom. The highest BCUT2D eigenvalue weighted by Gasteiger charge is 2.15. The molecule has 0 spiro atoms. The van der Waals surface area contributed by atoms with Crippen molar-refractivity contribution in [3.63, 3.8) is 0 Å². The number of benzene rings is 2. The van der Waals surface area contributed by atoms with Gasteiger partial charge in [-0.3, -0.25) is 5.01 Å². The van der Waals surface area contributed by atoms with Gasteiger partial charge < -0.3 is 14.9 Å². The second kappa shape index (κ2) is 8.61. The molecule has 2 aromatic rings. The predicted molar refractivity (Wildman–Crippen MR) is 109 cm³/mol. The van der Waals surface area contributed by atoms with Crippen LogP contribution in [0.2, 0.25) is 0 Å². The van der Waals surface area contributed by atoms with E-state index in [9.17, 15) is 5.11 Å². The van der Waals surface area contributed by atoms with E-state index in [0.29, 0.717) is 0 Å². The molecule has 2 aromatic carbocycles. The minimum atomic E-state index is 0.279. The van der Waals surface area contributed by atoms with Crippen LogP contribution in [0.15, 0.2) is 53.6 Å². The lowest BCUT2D eigenvalue weighted by molar-refractivity contribution is 0.272. The molecule has 1 saturated heterocycles. The van der Waals surface area contributed by atoms with Crippen molar-refractivity contribution >= 4 is 17.6 Å². The van der Waals surface area contributed by atoms with Crippen LogP contribution < -0.4 is 9.80 Å². The third kappa shape index (κ3) is 4.28. The molecular formula is C21H28N4O. The molecule has 0 saturated carbocycles. The first-order valence-electron chi connectivity index (χ1n) is 9.38. The number of hydrogen-bond donors (Lipinski definition) is 1. The number of phenolic OH excluding ortho intramolecular Hbond substituents is 1. The van der Waals surface area contributed by atoms with Gasteiger partial charge in [0.1, 0.15) is 5.75 Å². The number of piperazine rings is 1. The third-order valence-corrected chi connectivity index (χ3v) is 4.88. The second-order valence-corrected chi connectivity index (χ2v) is 6.44. The summed E-state index contributed by atoms with van der Waals surface area (Å²) in [6.45, 7) is 9.75. The summed E-state index contributed by atoms with van der Waals surface area (Å²) in [7, 11) is 0. The Balaban J connectivity index is 1.59. The molecule has 1 aliphatic rings. The Morgan fingerprint density at radius 1 is 1.00 bits per heavy atom. The van der Waals surface area contributed by atoms with Gasteiger partial charge in [0.15, 0.2) is 0 Å². The van der Waals surface area contributed by atoms with E-state index < -0.39 is 0 Å². The van der Waals surface area contributed by atoms with Gasteiger partial charge in [-0.1, -0.05) is 18.2 Å². The number of nitrogens with zero attached hydrogens (tertiary/aromatic N) is 4. The van der Waals surface area contributed by atoms with Gasteiger partial charge in [-0.15, -0.1) is 0 Å². The normalized spacial score (nSPS) is 14.8. The van der Waals surface area contributed by atoms with E-state index in [2.05, 4.69) is 58.0 Å². The van der Waals surface area contributed by atoms with Gasteiger partial charge in [0, 0.05) is 49.2 Å². The van der Waals surface area contributed by atoms with Crippen LogP contribution in [0, 0.1) is 0 Å². The van der Waals surface area contributed by atoms with Gasteiger partial charge in [-0.2, -0.15) is 5.10 Å². The Morgan fingerprint density at radius 3 is 2.31 bits per heavy atom. The molecule has 1 N–H and O–H groups in total. The molecule has 138 valence electrons. The molecule has 1 aliphatic heterocycles. The average molecular weight is 352 g/mol. The minimum absolute atomic E-state index is 0.279. The van der Waals surface area contributed by atoms with Crippen molar-refractivity contribution in [1.29, 1.82) is 0 Å². The molecule has 1 fully saturated rings. The van der Waals surface area contributed by atoms with E-state index in [-0.39, 0.29) is 5.75 Å². The van der Waals surface area contributed by atoms with Gasteiger partial charge in [0.2, 0.25) is 0 Å². The average Bonchev–Trinajstić information content (AvgIpc) is 2.69. The van der Waals surface area contributed by atoms with Gasteiger partial charge in [-0.05, 0) is 38.1 Å². The molecule has 26 heavy (non-hydrogen) atoms. The van der Waals surface area contributed by atoms with Crippen molar-refractivity contribution in [2.45, 2.75) is 13.8 Å². The largest absolute Gasteiger partial charge is 0.507 e. The van der Waals surface area contributed by atoms with Crippen molar-refractivity contribution in [1.82, 2.24) is 5.01 Å². The lowest BCUT2D eigenvalue weighted by Gasteiger charge is -2.34. The van der Waals surface area contributed by atoms with Gasteiger partial charge in [0.05, 0.1) is 19.3 Å².